The van der Waals surface area contributed by atoms with Crippen molar-refractivity contribution in [2.24, 2.45) is 5.11 Å². The maximum atomic E-state index is 10.3. The van der Waals surface area contributed by atoms with Crippen LogP contribution in [0.4, 0.5) is 0 Å². The molecule has 21 heavy (non-hydrogen) atoms. The van der Waals surface area contributed by atoms with Gasteiger partial charge in [-0.1, -0.05) is 47.6 Å². The molecule has 0 aliphatic heterocycles. The Labute approximate surface area is 119 Å². The van der Waals surface area contributed by atoms with E-state index in [9.17, 15) is 5.11 Å². The summed E-state index contributed by atoms with van der Waals surface area (Å²) in [6.07, 6.45) is -1.14. The molecule has 8 heteroatoms. The maximum absolute atomic E-state index is 10.3. The van der Waals surface area contributed by atoms with E-state index in [1.54, 1.807) is 0 Å². The van der Waals surface area contributed by atoms with E-state index in [2.05, 4.69) is 30.7 Å². The topological polar surface area (TPSA) is 123 Å². The van der Waals surface area contributed by atoms with Gasteiger partial charge in [0.05, 0.1) is 6.04 Å². The number of nitrogens with zero attached hydrogens (tertiary/aromatic N) is 6. The molecule has 0 saturated carbocycles. The summed E-state index contributed by atoms with van der Waals surface area (Å²) in [5.74, 6) is 0.153. The molecule has 0 bridgehead atoms. The SMILES string of the molecule is [N-]=[N+]=NC(c1ccc2ccccc2c1)C(O)c1nnn[nH]1. The lowest BCUT2D eigenvalue weighted by molar-refractivity contribution is 0.137. The highest BCUT2D eigenvalue weighted by Gasteiger charge is 2.24. The van der Waals surface area contributed by atoms with Crippen molar-refractivity contribution in [1.82, 2.24) is 20.6 Å². The summed E-state index contributed by atoms with van der Waals surface area (Å²) in [6.45, 7) is 0. The summed E-state index contributed by atoms with van der Waals surface area (Å²) in [5, 5.41) is 29.0. The molecule has 2 aromatic carbocycles. The number of rotatable bonds is 4. The van der Waals surface area contributed by atoms with Gasteiger partial charge in [0, 0.05) is 4.91 Å². The molecule has 104 valence electrons. The number of aliphatic hydroxyl groups excluding tert-OH is 1. The molecule has 8 nitrogen and oxygen atoms in total. The van der Waals surface area contributed by atoms with Gasteiger partial charge < -0.3 is 5.11 Å². The molecular formula is C13H11N7O. The van der Waals surface area contributed by atoms with Crippen LogP contribution in [0.25, 0.3) is 21.2 Å². The number of fused-ring (bicyclic) bond motifs is 1. The van der Waals surface area contributed by atoms with Crippen molar-refractivity contribution in [3.63, 3.8) is 0 Å². The smallest absolute Gasteiger partial charge is 0.178 e. The molecule has 0 radical (unpaired) electrons. The molecule has 0 amide bonds. The zero-order valence-corrected chi connectivity index (χ0v) is 10.8. The summed E-state index contributed by atoms with van der Waals surface area (Å²) in [6, 6.07) is 12.6. The molecule has 3 aromatic rings. The molecule has 0 spiro atoms. The maximum Gasteiger partial charge on any atom is 0.178 e. The number of aliphatic hydroxyl groups is 1. The van der Waals surface area contributed by atoms with Crippen LogP contribution >= 0.6 is 0 Å². The third-order valence-electron chi connectivity index (χ3n) is 3.23. The van der Waals surface area contributed by atoms with Gasteiger partial charge in [-0.2, -0.15) is 0 Å². The minimum atomic E-state index is -1.14. The summed E-state index contributed by atoms with van der Waals surface area (Å²) < 4.78 is 0. The monoisotopic (exact) mass is 281 g/mol. The number of aromatic amines is 1. The predicted octanol–water partition coefficient (Wildman–Crippen LogP) is 2.44. The Hall–Kier alpha value is -2.96. The highest BCUT2D eigenvalue weighted by molar-refractivity contribution is 5.83. The van der Waals surface area contributed by atoms with Gasteiger partial charge in [-0.15, -0.1) is 5.10 Å². The molecule has 0 fully saturated rings. The average molecular weight is 281 g/mol. The zero-order chi connectivity index (χ0) is 14.7. The van der Waals surface area contributed by atoms with E-state index in [4.69, 9.17) is 5.53 Å². The first-order valence-electron chi connectivity index (χ1n) is 6.24. The van der Waals surface area contributed by atoms with Crippen molar-refractivity contribution in [3.8, 4) is 0 Å². The van der Waals surface area contributed by atoms with Crippen LogP contribution in [-0.4, -0.2) is 25.7 Å². The van der Waals surface area contributed by atoms with Crippen LogP contribution in [0.2, 0.25) is 0 Å². The number of hydrogen-bond acceptors (Lipinski definition) is 5. The van der Waals surface area contributed by atoms with Crippen LogP contribution in [0, 0.1) is 0 Å². The first kappa shape index (κ1) is 13.0. The minimum Gasteiger partial charge on any atom is -0.384 e. The molecule has 0 aliphatic rings. The predicted molar refractivity (Wildman–Crippen MR) is 75.0 cm³/mol. The first-order chi connectivity index (χ1) is 10.3. The number of hydrogen-bond donors (Lipinski definition) is 2. The van der Waals surface area contributed by atoms with Crippen molar-refractivity contribution < 1.29 is 5.11 Å². The van der Waals surface area contributed by atoms with Gasteiger partial charge in [0.2, 0.25) is 0 Å². The summed E-state index contributed by atoms with van der Waals surface area (Å²) >= 11 is 0. The number of H-pyrrole nitrogens is 1. The summed E-state index contributed by atoms with van der Waals surface area (Å²) in [7, 11) is 0. The number of aromatic nitrogens is 4. The van der Waals surface area contributed by atoms with Crippen molar-refractivity contribution in [1.29, 1.82) is 0 Å². The summed E-state index contributed by atoms with van der Waals surface area (Å²) in [5.41, 5.74) is 9.43. The molecule has 0 saturated heterocycles. The van der Waals surface area contributed by atoms with Gasteiger partial charge >= 0.3 is 0 Å². The molecule has 0 aliphatic carbocycles. The lowest BCUT2D eigenvalue weighted by atomic mass is 9.98. The molecule has 3 rings (SSSR count). The second kappa shape index (κ2) is 5.58. The highest BCUT2D eigenvalue weighted by atomic mass is 16.3. The van der Waals surface area contributed by atoms with Gasteiger partial charge in [0.1, 0.15) is 6.10 Å². The Bertz CT molecular complexity index is 795. The lowest BCUT2D eigenvalue weighted by Crippen LogP contribution is -2.10. The van der Waals surface area contributed by atoms with Gasteiger partial charge in [-0.3, -0.25) is 0 Å². The fourth-order valence-electron chi connectivity index (χ4n) is 2.20. The Balaban J connectivity index is 2.04. The van der Waals surface area contributed by atoms with E-state index >= 15 is 0 Å². The van der Waals surface area contributed by atoms with Gasteiger partial charge in [-0.05, 0) is 32.3 Å². The Morgan fingerprint density at radius 3 is 2.71 bits per heavy atom. The molecule has 2 N–H and O–H groups in total. The molecule has 1 aromatic heterocycles. The van der Waals surface area contributed by atoms with E-state index in [1.807, 2.05) is 42.5 Å². The number of benzene rings is 2. The summed E-state index contributed by atoms with van der Waals surface area (Å²) in [4.78, 5) is 2.81. The second-order valence-electron chi connectivity index (χ2n) is 4.49. The van der Waals surface area contributed by atoms with E-state index in [-0.39, 0.29) is 5.82 Å². The van der Waals surface area contributed by atoms with E-state index in [1.165, 1.54) is 0 Å². The highest BCUT2D eigenvalue weighted by Crippen LogP contribution is 2.32. The van der Waals surface area contributed by atoms with Crippen molar-refractivity contribution >= 4 is 10.8 Å². The van der Waals surface area contributed by atoms with Crippen LogP contribution in [0.1, 0.15) is 23.5 Å². The number of nitrogens with one attached hydrogen (secondary N) is 1. The van der Waals surface area contributed by atoms with Crippen molar-refractivity contribution in [2.75, 3.05) is 0 Å². The third kappa shape index (κ3) is 2.53. The quantitative estimate of drug-likeness (QED) is 0.433. The van der Waals surface area contributed by atoms with E-state index < -0.39 is 12.1 Å². The molecule has 2 atom stereocenters. The zero-order valence-electron chi connectivity index (χ0n) is 10.8. The largest absolute Gasteiger partial charge is 0.384 e. The normalized spacial score (nSPS) is 13.6. The fraction of sp³-hybridized carbons (Fsp3) is 0.154. The Morgan fingerprint density at radius 2 is 2.00 bits per heavy atom. The van der Waals surface area contributed by atoms with Crippen molar-refractivity contribution in [2.45, 2.75) is 12.1 Å². The molecule has 1 heterocycles. The van der Waals surface area contributed by atoms with Crippen LogP contribution in [0.15, 0.2) is 47.6 Å². The van der Waals surface area contributed by atoms with Gasteiger partial charge in [0.15, 0.2) is 5.82 Å². The van der Waals surface area contributed by atoms with Gasteiger partial charge in [0.25, 0.3) is 0 Å². The fourth-order valence-corrected chi connectivity index (χ4v) is 2.20. The Morgan fingerprint density at radius 1 is 1.19 bits per heavy atom. The van der Waals surface area contributed by atoms with Gasteiger partial charge in [-0.25, -0.2) is 5.10 Å². The van der Waals surface area contributed by atoms with Crippen LogP contribution in [0.5, 0.6) is 0 Å². The van der Waals surface area contributed by atoms with Crippen LogP contribution in [-0.2, 0) is 0 Å². The standard InChI is InChI=1S/C13H11N7O/c14-18-15-11(12(21)13-16-19-20-17-13)10-6-5-8-3-1-2-4-9(8)7-10/h1-7,11-12,21H,(H,16,17,19,20). The first-order valence-corrected chi connectivity index (χ1v) is 6.24. The van der Waals surface area contributed by atoms with Crippen molar-refractivity contribution in [3.05, 3.63) is 64.3 Å². The van der Waals surface area contributed by atoms with Crippen LogP contribution in [0.3, 0.4) is 0 Å². The lowest BCUT2D eigenvalue weighted by Gasteiger charge is -2.16. The van der Waals surface area contributed by atoms with E-state index in [0.29, 0.717) is 5.56 Å². The number of tetrazole rings is 1. The van der Waals surface area contributed by atoms with Crippen LogP contribution < -0.4 is 0 Å². The second-order valence-corrected chi connectivity index (χ2v) is 4.49. The third-order valence-corrected chi connectivity index (χ3v) is 3.23. The van der Waals surface area contributed by atoms with E-state index in [0.717, 1.165) is 10.8 Å². The average Bonchev–Trinajstić information content (AvgIpc) is 3.06. The molecule has 2 unspecified atom stereocenters. The molecular weight excluding hydrogens is 270 g/mol. The number of azide groups is 1. The Kier molecular flexibility index (Phi) is 3.46. The minimum absolute atomic E-state index is 0.153.